The highest BCUT2D eigenvalue weighted by molar-refractivity contribution is 9.10. The lowest BCUT2D eigenvalue weighted by molar-refractivity contribution is -0.136. The molecule has 5 nitrogen and oxygen atoms in total. The van der Waals surface area contributed by atoms with Crippen molar-refractivity contribution in [3.05, 3.63) is 45.3 Å². The summed E-state index contributed by atoms with van der Waals surface area (Å²) in [7, 11) is 2.77. The highest BCUT2D eigenvalue weighted by Gasteiger charge is 2.36. The van der Waals surface area contributed by atoms with Crippen molar-refractivity contribution in [1.29, 1.82) is 0 Å². The summed E-state index contributed by atoms with van der Waals surface area (Å²) in [4.78, 5) is 25.2. The van der Waals surface area contributed by atoms with Crippen molar-refractivity contribution < 1.29 is 18.7 Å². The number of nitrogens with zero attached hydrogens (tertiary/aromatic N) is 1. The maximum absolute atomic E-state index is 14.1. The first kappa shape index (κ1) is 15.5. The molecule has 1 N–H and O–H groups in total. The van der Waals surface area contributed by atoms with E-state index in [1.807, 2.05) is 0 Å². The van der Waals surface area contributed by atoms with Gasteiger partial charge in [0.2, 0.25) is 0 Å². The normalized spacial score (nSPS) is 18.6. The third-order valence-corrected chi connectivity index (χ3v) is 3.92. The minimum atomic E-state index is -0.890. The molecule has 0 spiro atoms. The zero-order valence-corrected chi connectivity index (χ0v) is 13.3. The molecule has 0 aliphatic carbocycles. The van der Waals surface area contributed by atoms with Gasteiger partial charge in [0.15, 0.2) is 0 Å². The predicted octanol–water partition coefficient (Wildman–Crippen LogP) is 2.73. The second-order valence-corrected chi connectivity index (χ2v) is 5.51. The topological polar surface area (TPSA) is 58.6 Å². The van der Waals surface area contributed by atoms with E-state index in [4.69, 9.17) is 4.74 Å². The quantitative estimate of drug-likeness (QED) is 0.828. The second kappa shape index (κ2) is 5.85. The highest BCUT2D eigenvalue weighted by Crippen LogP contribution is 2.33. The van der Waals surface area contributed by atoms with Crippen LogP contribution in [-0.2, 0) is 9.53 Å². The third-order valence-electron chi connectivity index (χ3n) is 3.43. The number of benzene rings is 1. The number of nitrogens with one attached hydrogen (secondary N) is 1. The van der Waals surface area contributed by atoms with Gasteiger partial charge in [0.1, 0.15) is 5.82 Å². The number of ether oxygens (including phenoxy) is 1. The lowest BCUT2D eigenvalue weighted by Gasteiger charge is -2.33. The fourth-order valence-electron chi connectivity index (χ4n) is 2.18. The zero-order chi connectivity index (χ0) is 15.7. The molecule has 0 radical (unpaired) electrons. The van der Waals surface area contributed by atoms with Gasteiger partial charge in [-0.05, 0) is 25.1 Å². The van der Waals surface area contributed by atoms with Gasteiger partial charge in [-0.2, -0.15) is 0 Å². The van der Waals surface area contributed by atoms with Crippen LogP contribution in [0.25, 0.3) is 0 Å². The monoisotopic (exact) mass is 356 g/mol. The SMILES string of the molecule is COC(=O)C1=C(C)N(C)C(=O)N[C@@H]1c1cc(Br)ccc1F. The Bertz CT molecular complexity index is 645. The summed E-state index contributed by atoms with van der Waals surface area (Å²) in [5, 5.41) is 2.61. The van der Waals surface area contributed by atoms with E-state index in [2.05, 4.69) is 21.2 Å². The number of carbonyl (C=O) groups is 2. The summed E-state index contributed by atoms with van der Waals surface area (Å²) >= 11 is 3.26. The van der Waals surface area contributed by atoms with Crippen molar-refractivity contribution in [2.45, 2.75) is 13.0 Å². The van der Waals surface area contributed by atoms with E-state index in [9.17, 15) is 14.0 Å². The van der Waals surface area contributed by atoms with Crippen LogP contribution in [0.15, 0.2) is 33.9 Å². The number of methoxy groups -OCH3 is 1. The number of halogens is 2. The maximum atomic E-state index is 14.1. The molecule has 2 rings (SSSR count). The number of allylic oxidation sites excluding steroid dienone is 1. The van der Waals surface area contributed by atoms with Crippen LogP contribution in [0.4, 0.5) is 9.18 Å². The first-order valence-corrected chi connectivity index (χ1v) is 6.94. The largest absolute Gasteiger partial charge is 0.466 e. The Morgan fingerprint density at radius 3 is 2.76 bits per heavy atom. The first-order chi connectivity index (χ1) is 9.86. The molecule has 1 heterocycles. The fraction of sp³-hybridized carbons (Fsp3) is 0.286. The lowest BCUT2D eigenvalue weighted by Crippen LogP contribution is -2.46. The molecular formula is C14H14BrFN2O3. The van der Waals surface area contributed by atoms with Crippen LogP contribution >= 0.6 is 15.9 Å². The number of urea groups is 1. The van der Waals surface area contributed by atoms with Crippen LogP contribution in [0, 0.1) is 5.82 Å². The van der Waals surface area contributed by atoms with Crippen molar-refractivity contribution in [2.24, 2.45) is 0 Å². The average molecular weight is 357 g/mol. The van der Waals surface area contributed by atoms with Crippen molar-refractivity contribution in [1.82, 2.24) is 10.2 Å². The zero-order valence-electron chi connectivity index (χ0n) is 11.7. The van der Waals surface area contributed by atoms with Gasteiger partial charge in [-0.25, -0.2) is 14.0 Å². The Kier molecular flexibility index (Phi) is 4.32. The summed E-state index contributed by atoms with van der Waals surface area (Å²) in [6.07, 6.45) is 0. The molecule has 1 aliphatic rings. The average Bonchev–Trinajstić information content (AvgIpc) is 2.46. The molecule has 112 valence electrons. The number of amides is 2. The van der Waals surface area contributed by atoms with Crippen LogP contribution in [0.3, 0.4) is 0 Å². The Morgan fingerprint density at radius 2 is 2.14 bits per heavy atom. The van der Waals surface area contributed by atoms with Gasteiger partial charge in [-0.1, -0.05) is 15.9 Å². The van der Waals surface area contributed by atoms with Gasteiger partial charge in [0, 0.05) is 22.8 Å². The molecule has 0 bridgehead atoms. The molecule has 0 saturated heterocycles. The molecule has 1 aromatic rings. The third kappa shape index (κ3) is 2.78. The standard InChI is InChI=1S/C14H14BrFN2O3/c1-7-11(13(19)21-3)12(17-14(20)18(7)2)9-6-8(15)4-5-10(9)16/h4-6,12H,1-3H3,(H,17,20)/t12-/m1/s1. The Hall–Kier alpha value is -1.89. The van der Waals surface area contributed by atoms with Crippen LogP contribution in [-0.4, -0.2) is 31.1 Å². The van der Waals surface area contributed by atoms with Gasteiger partial charge in [0.05, 0.1) is 18.7 Å². The van der Waals surface area contributed by atoms with Crippen LogP contribution in [0.1, 0.15) is 18.5 Å². The molecule has 1 atom stereocenters. The second-order valence-electron chi connectivity index (χ2n) is 4.60. The summed E-state index contributed by atoms with van der Waals surface area (Å²) in [6.45, 7) is 1.62. The molecule has 7 heteroatoms. The van der Waals surface area contributed by atoms with E-state index in [0.717, 1.165) is 0 Å². The Labute approximate surface area is 129 Å². The molecule has 0 saturated carbocycles. The van der Waals surface area contributed by atoms with E-state index >= 15 is 0 Å². The van der Waals surface area contributed by atoms with E-state index in [0.29, 0.717) is 10.2 Å². The lowest BCUT2D eigenvalue weighted by atomic mass is 9.94. The number of rotatable bonds is 2. The van der Waals surface area contributed by atoms with Gasteiger partial charge in [-0.3, -0.25) is 0 Å². The number of esters is 1. The van der Waals surface area contributed by atoms with Gasteiger partial charge in [0.25, 0.3) is 0 Å². The van der Waals surface area contributed by atoms with Crippen molar-refractivity contribution in [3.63, 3.8) is 0 Å². The summed E-state index contributed by atoms with van der Waals surface area (Å²) in [5.74, 6) is -1.12. The maximum Gasteiger partial charge on any atom is 0.337 e. The minimum Gasteiger partial charge on any atom is -0.466 e. The molecule has 0 aromatic heterocycles. The number of hydrogen-bond donors (Lipinski definition) is 1. The van der Waals surface area contributed by atoms with Gasteiger partial charge in [-0.15, -0.1) is 0 Å². The van der Waals surface area contributed by atoms with Crippen molar-refractivity contribution in [3.8, 4) is 0 Å². The van der Waals surface area contributed by atoms with Crippen molar-refractivity contribution >= 4 is 27.9 Å². The summed E-state index contributed by atoms with van der Waals surface area (Å²) in [5.41, 5.74) is 0.831. The number of hydrogen-bond acceptors (Lipinski definition) is 3. The van der Waals surface area contributed by atoms with Crippen LogP contribution < -0.4 is 5.32 Å². The van der Waals surface area contributed by atoms with Crippen LogP contribution in [0.5, 0.6) is 0 Å². The minimum absolute atomic E-state index is 0.200. The molecule has 2 amide bonds. The molecule has 0 fully saturated rings. The van der Waals surface area contributed by atoms with E-state index in [-0.39, 0.29) is 11.1 Å². The molecule has 1 aromatic carbocycles. The first-order valence-electron chi connectivity index (χ1n) is 6.15. The van der Waals surface area contributed by atoms with E-state index in [1.165, 1.54) is 31.2 Å². The fourth-order valence-corrected chi connectivity index (χ4v) is 2.56. The summed E-state index contributed by atoms with van der Waals surface area (Å²) < 4.78 is 19.5. The smallest absolute Gasteiger partial charge is 0.337 e. The van der Waals surface area contributed by atoms with E-state index in [1.54, 1.807) is 13.0 Å². The predicted molar refractivity (Wildman–Crippen MR) is 77.9 cm³/mol. The molecule has 21 heavy (non-hydrogen) atoms. The van der Waals surface area contributed by atoms with E-state index < -0.39 is 23.9 Å². The van der Waals surface area contributed by atoms with Gasteiger partial charge >= 0.3 is 12.0 Å². The molecular weight excluding hydrogens is 343 g/mol. The molecule has 0 unspecified atom stereocenters. The Morgan fingerprint density at radius 1 is 1.48 bits per heavy atom. The number of carbonyl (C=O) groups excluding carboxylic acids is 2. The Balaban J connectivity index is 2.62. The van der Waals surface area contributed by atoms with Crippen molar-refractivity contribution in [2.75, 3.05) is 14.2 Å². The van der Waals surface area contributed by atoms with Gasteiger partial charge < -0.3 is 15.0 Å². The van der Waals surface area contributed by atoms with Crippen LogP contribution in [0.2, 0.25) is 0 Å². The highest BCUT2D eigenvalue weighted by atomic mass is 79.9. The summed E-state index contributed by atoms with van der Waals surface area (Å²) in [6, 6.07) is 3.04. The molecule has 1 aliphatic heterocycles.